The highest BCUT2D eigenvalue weighted by Gasteiger charge is 2.20. The number of nitrogens with one attached hydrogen (secondary N) is 2. The largest absolute Gasteiger partial charge is 0.493 e. The predicted octanol–water partition coefficient (Wildman–Crippen LogP) is 1.70. The molecule has 0 radical (unpaired) electrons. The summed E-state index contributed by atoms with van der Waals surface area (Å²) in [6, 6.07) is 1.99. The van der Waals surface area contributed by atoms with Gasteiger partial charge in [-0.2, -0.15) is 5.10 Å². The second-order valence-corrected chi connectivity index (χ2v) is 4.99. The predicted molar refractivity (Wildman–Crippen MR) is 80.9 cm³/mol. The van der Waals surface area contributed by atoms with E-state index in [9.17, 15) is 0 Å². The first-order chi connectivity index (χ1) is 10.2. The number of hydrogen-bond donors (Lipinski definition) is 4. The lowest BCUT2D eigenvalue weighted by Crippen LogP contribution is -2.15. The first-order valence-corrected chi connectivity index (χ1v) is 7.02. The maximum atomic E-state index is 5.83. The number of nitrogens with two attached hydrogens (primary N) is 2. The maximum absolute atomic E-state index is 5.83. The summed E-state index contributed by atoms with van der Waals surface area (Å²) in [5, 5.41) is 10.4. The van der Waals surface area contributed by atoms with Crippen LogP contribution in [0.5, 0.6) is 0 Å². The van der Waals surface area contributed by atoms with Crippen molar-refractivity contribution < 1.29 is 9.47 Å². The lowest BCUT2D eigenvalue weighted by atomic mass is 10.0. The van der Waals surface area contributed by atoms with Crippen LogP contribution in [-0.4, -0.2) is 24.4 Å². The Morgan fingerprint density at radius 1 is 1.38 bits per heavy atom. The molecular weight excluding hydrogens is 270 g/mol. The van der Waals surface area contributed by atoms with Gasteiger partial charge in [-0.25, -0.2) is 0 Å². The highest BCUT2D eigenvalue weighted by Crippen LogP contribution is 2.33. The van der Waals surface area contributed by atoms with Gasteiger partial charge in [-0.05, 0) is 12.8 Å². The van der Waals surface area contributed by atoms with Crippen LogP contribution >= 0.6 is 0 Å². The van der Waals surface area contributed by atoms with E-state index < -0.39 is 0 Å². The van der Waals surface area contributed by atoms with Crippen LogP contribution in [0.4, 0.5) is 5.82 Å². The molecular formula is C14H23N5O2. The molecule has 1 aliphatic rings. The van der Waals surface area contributed by atoms with Gasteiger partial charge in [0.2, 0.25) is 5.88 Å². The number of aromatic amines is 1. The Bertz CT molecular complexity index is 529. The number of aromatic nitrogens is 2. The van der Waals surface area contributed by atoms with E-state index in [1.54, 1.807) is 0 Å². The summed E-state index contributed by atoms with van der Waals surface area (Å²) in [7, 11) is 2.99. The summed E-state index contributed by atoms with van der Waals surface area (Å²) in [5.74, 6) is 1.79. The molecule has 116 valence electrons. The molecule has 0 unspecified atom stereocenters. The third kappa shape index (κ3) is 3.42. The van der Waals surface area contributed by atoms with Gasteiger partial charge >= 0.3 is 0 Å². The van der Waals surface area contributed by atoms with E-state index in [0.717, 1.165) is 5.69 Å². The molecule has 0 spiro atoms. The Balaban J connectivity index is 2.17. The molecule has 1 aliphatic carbocycles. The molecule has 0 aromatic carbocycles. The summed E-state index contributed by atoms with van der Waals surface area (Å²) in [4.78, 5) is 0. The third-order valence-electron chi connectivity index (χ3n) is 3.73. The second-order valence-electron chi connectivity index (χ2n) is 4.99. The van der Waals surface area contributed by atoms with E-state index in [-0.39, 0.29) is 5.88 Å². The fourth-order valence-corrected chi connectivity index (χ4v) is 2.57. The number of anilines is 1. The fraction of sp³-hybridized carbons (Fsp3) is 0.500. The molecule has 7 nitrogen and oxygen atoms in total. The Morgan fingerprint density at radius 2 is 2.10 bits per heavy atom. The van der Waals surface area contributed by atoms with Gasteiger partial charge < -0.3 is 26.3 Å². The summed E-state index contributed by atoms with van der Waals surface area (Å²) >= 11 is 0. The molecule has 6 N–H and O–H groups in total. The average Bonchev–Trinajstić information content (AvgIpc) is 3.17. The fourth-order valence-electron chi connectivity index (χ4n) is 2.57. The van der Waals surface area contributed by atoms with Gasteiger partial charge in [0.05, 0.1) is 14.2 Å². The van der Waals surface area contributed by atoms with Crippen molar-refractivity contribution in [2.24, 2.45) is 11.5 Å². The van der Waals surface area contributed by atoms with Crippen LogP contribution in [0, 0.1) is 0 Å². The minimum atomic E-state index is 0.180. The van der Waals surface area contributed by atoms with Gasteiger partial charge in [0, 0.05) is 23.9 Å². The number of nitrogens with zero attached hydrogens (tertiary/aromatic N) is 1. The van der Waals surface area contributed by atoms with Crippen molar-refractivity contribution in [3.63, 3.8) is 0 Å². The molecule has 21 heavy (non-hydrogen) atoms. The van der Waals surface area contributed by atoms with Crippen molar-refractivity contribution in [1.29, 1.82) is 0 Å². The van der Waals surface area contributed by atoms with Crippen LogP contribution < -0.4 is 16.8 Å². The van der Waals surface area contributed by atoms with Crippen LogP contribution in [0.3, 0.4) is 0 Å². The monoisotopic (exact) mass is 293 g/mol. The zero-order valence-electron chi connectivity index (χ0n) is 12.5. The van der Waals surface area contributed by atoms with Crippen LogP contribution in [0.1, 0.15) is 37.3 Å². The SMILES string of the molecule is CO/C(N)=C(Nc1cc(C2CCCC2)[nH]n1)/C(=C\N)OC. The third-order valence-corrected chi connectivity index (χ3v) is 3.73. The number of methoxy groups -OCH3 is 2. The first kappa shape index (κ1) is 15.1. The highest BCUT2D eigenvalue weighted by atomic mass is 16.5. The number of rotatable bonds is 6. The van der Waals surface area contributed by atoms with Crippen molar-refractivity contribution in [3.05, 3.63) is 35.3 Å². The van der Waals surface area contributed by atoms with Crippen molar-refractivity contribution in [2.45, 2.75) is 31.6 Å². The molecule has 1 aromatic heterocycles. The minimum Gasteiger partial charge on any atom is -0.493 e. The van der Waals surface area contributed by atoms with E-state index in [0.29, 0.717) is 23.2 Å². The quantitative estimate of drug-likeness (QED) is 0.469. The number of H-pyrrole nitrogens is 1. The van der Waals surface area contributed by atoms with Gasteiger partial charge in [-0.3, -0.25) is 5.10 Å². The molecule has 1 saturated carbocycles. The molecule has 0 aliphatic heterocycles. The van der Waals surface area contributed by atoms with Gasteiger partial charge in [0.25, 0.3) is 0 Å². The Hall–Kier alpha value is -2.31. The topological polar surface area (TPSA) is 111 Å². The lowest BCUT2D eigenvalue weighted by Gasteiger charge is -2.13. The van der Waals surface area contributed by atoms with Gasteiger partial charge in [0.15, 0.2) is 11.6 Å². The standard InChI is InChI=1S/C14H23N5O2/c1-20-11(8-15)13(14(16)21-2)17-12-7-10(18-19-12)9-5-3-4-6-9/h7-9H,3-6,15-16H2,1-2H3,(H2,17,18,19)/b11-8+,14-13-. The molecule has 1 fully saturated rings. The minimum absolute atomic E-state index is 0.180. The highest BCUT2D eigenvalue weighted by molar-refractivity contribution is 5.48. The summed E-state index contributed by atoms with van der Waals surface area (Å²) in [6.07, 6.45) is 6.28. The van der Waals surface area contributed by atoms with Crippen molar-refractivity contribution in [3.8, 4) is 0 Å². The van der Waals surface area contributed by atoms with E-state index >= 15 is 0 Å². The smallest absolute Gasteiger partial charge is 0.212 e. The molecule has 1 aromatic rings. The Morgan fingerprint density at radius 3 is 2.67 bits per heavy atom. The summed E-state index contributed by atoms with van der Waals surface area (Å²) in [5.41, 5.74) is 13.0. The van der Waals surface area contributed by atoms with Gasteiger partial charge in [-0.15, -0.1) is 0 Å². The molecule has 2 rings (SSSR count). The van der Waals surface area contributed by atoms with Crippen LogP contribution in [0.25, 0.3) is 0 Å². The van der Waals surface area contributed by atoms with E-state index in [2.05, 4.69) is 15.5 Å². The second kappa shape index (κ2) is 6.92. The Labute approximate surface area is 124 Å². The molecule has 1 heterocycles. The van der Waals surface area contributed by atoms with Crippen LogP contribution in [-0.2, 0) is 9.47 Å². The first-order valence-electron chi connectivity index (χ1n) is 7.02. The van der Waals surface area contributed by atoms with Crippen molar-refractivity contribution >= 4 is 5.82 Å². The van der Waals surface area contributed by atoms with Crippen LogP contribution in [0.15, 0.2) is 29.6 Å². The number of ether oxygens (including phenoxy) is 2. The normalized spacial score (nSPS) is 17.5. The van der Waals surface area contributed by atoms with E-state index in [1.807, 2.05) is 6.07 Å². The zero-order valence-corrected chi connectivity index (χ0v) is 12.5. The molecule has 0 saturated heterocycles. The van der Waals surface area contributed by atoms with Crippen LogP contribution in [0.2, 0.25) is 0 Å². The van der Waals surface area contributed by atoms with Crippen molar-refractivity contribution in [1.82, 2.24) is 10.2 Å². The lowest BCUT2D eigenvalue weighted by molar-refractivity contribution is 0.265. The molecule has 0 atom stereocenters. The summed E-state index contributed by atoms with van der Waals surface area (Å²) in [6.45, 7) is 0. The van der Waals surface area contributed by atoms with E-state index in [1.165, 1.54) is 46.1 Å². The molecule has 0 bridgehead atoms. The molecule has 0 amide bonds. The van der Waals surface area contributed by atoms with E-state index in [4.69, 9.17) is 20.9 Å². The Kier molecular flexibility index (Phi) is 4.97. The molecule has 7 heteroatoms. The average molecular weight is 293 g/mol. The number of hydrogen-bond acceptors (Lipinski definition) is 6. The van der Waals surface area contributed by atoms with Gasteiger partial charge in [0.1, 0.15) is 5.70 Å². The van der Waals surface area contributed by atoms with Gasteiger partial charge in [-0.1, -0.05) is 12.8 Å². The van der Waals surface area contributed by atoms with Crippen molar-refractivity contribution in [2.75, 3.05) is 19.5 Å². The zero-order chi connectivity index (χ0) is 15.2. The summed E-state index contributed by atoms with van der Waals surface area (Å²) < 4.78 is 10.2. The maximum Gasteiger partial charge on any atom is 0.212 e.